The standard InChI is InChI=1S/C14H10ClN3O2/c15-13-11(14(19)20)12(9-3-4-9)17-18(13)10-5-1-8(7-16)2-6-10/h1-2,5-6,9H,3-4H2,(H,19,20). The van der Waals surface area contributed by atoms with Gasteiger partial charge in [-0.05, 0) is 37.1 Å². The average molecular weight is 288 g/mol. The van der Waals surface area contributed by atoms with Gasteiger partial charge in [0.05, 0.1) is 23.0 Å². The van der Waals surface area contributed by atoms with Gasteiger partial charge in [-0.3, -0.25) is 0 Å². The summed E-state index contributed by atoms with van der Waals surface area (Å²) in [5.41, 5.74) is 1.80. The molecule has 100 valence electrons. The van der Waals surface area contributed by atoms with Crippen molar-refractivity contribution in [1.82, 2.24) is 9.78 Å². The van der Waals surface area contributed by atoms with Crippen LogP contribution in [-0.4, -0.2) is 20.9 Å². The topological polar surface area (TPSA) is 78.9 Å². The van der Waals surface area contributed by atoms with E-state index < -0.39 is 5.97 Å². The molecule has 1 aromatic heterocycles. The number of carboxylic acid groups (broad SMARTS) is 1. The number of aromatic carboxylic acids is 1. The number of carboxylic acids is 1. The lowest BCUT2D eigenvalue weighted by Gasteiger charge is -2.02. The number of nitrogens with zero attached hydrogens (tertiary/aromatic N) is 3. The smallest absolute Gasteiger partial charge is 0.340 e. The number of carbonyl (C=O) groups is 1. The normalized spacial score (nSPS) is 14.0. The Labute approximate surface area is 120 Å². The predicted molar refractivity (Wildman–Crippen MR) is 72.2 cm³/mol. The van der Waals surface area contributed by atoms with E-state index in [1.165, 1.54) is 4.68 Å². The molecule has 0 aliphatic heterocycles. The highest BCUT2D eigenvalue weighted by molar-refractivity contribution is 6.33. The van der Waals surface area contributed by atoms with Crippen molar-refractivity contribution in [3.63, 3.8) is 0 Å². The maximum atomic E-state index is 11.3. The van der Waals surface area contributed by atoms with Crippen molar-refractivity contribution in [3.8, 4) is 11.8 Å². The van der Waals surface area contributed by atoms with Crippen molar-refractivity contribution < 1.29 is 9.90 Å². The Hall–Kier alpha value is -2.32. The maximum absolute atomic E-state index is 11.3. The van der Waals surface area contributed by atoms with E-state index in [0.29, 0.717) is 16.9 Å². The van der Waals surface area contributed by atoms with E-state index in [4.69, 9.17) is 16.9 Å². The van der Waals surface area contributed by atoms with Crippen LogP contribution >= 0.6 is 11.6 Å². The van der Waals surface area contributed by atoms with Gasteiger partial charge < -0.3 is 5.11 Å². The third-order valence-corrected chi connectivity index (χ3v) is 3.62. The molecule has 2 aromatic rings. The molecule has 5 nitrogen and oxygen atoms in total. The summed E-state index contributed by atoms with van der Waals surface area (Å²) in [7, 11) is 0. The van der Waals surface area contributed by atoms with E-state index in [2.05, 4.69) is 5.10 Å². The summed E-state index contributed by atoms with van der Waals surface area (Å²) in [5.74, 6) is -0.866. The van der Waals surface area contributed by atoms with E-state index in [1.807, 2.05) is 6.07 Å². The molecular weight excluding hydrogens is 278 g/mol. The van der Waals surface area contributed by atoms with Crippen LogP contribution in [-0.2, 0) is 0 Å². The zero-order chi connectivity index (χ0) is 14.3. The second-order valence-electron chi connectivity index (χ2n) is 4.70. The summed E-state index contributed by atoms with van der Waals surface area (Å²) in [6.07, 6.45) is 1.89. The first kappa shape index (κ1) is 12.7. The molecule has 0 spiro atoms. The van der Waals surface area contributed by atoms with Crippen LogP contribution in [0.2, 0.25) is 5.15 Å². The molecule has 1 saturated carbocycles. The zero-order valence-electron chi connectivity index (χ0n) is 10.4. The molecule has 0 radical (unpaired) electrons. The molecule has 1 heterocycles. The Kier molecular flexibility index (Phi) is 2.96. The van der Waals surface area contributed by atoms with Gasteiger partial charge in [-0.1, -0.05) is 11.6 Å². The third kappa shape index (κ3) is 2.04. The van der Waals surface area contributed by atoms with Gasteiger partial charge in [-0.25, -0.2) is 9.48 Å². The molecule has 1 aromatic carbocycles. The van der Waals surface area contributed by atoms with Crippen LogP contribution in [0.25, 0.3) is 5.69 Å². The highest BCUT2D eigenvalue weighted by Crippen LogP contribution is 2.43. The lowest BCUT2D eigenvalue weighted by molar-refractivity contribution is 0.0696. The second kappa shape index (κ2) is 4.66. The minimum atomic E-state index is -1.06. The molecule has 1 aliphatic carbocycles. The zero-order valence-corrected chi connectivity index (χ0v) is 11.1. The van der Waals surface area contributed by atoms with E-state index in [-0.39, 0.29) is 16.6 Å². The van der Waals surface area contributed by atoms with Gasteiger partial charge in [-0.2, -0.15) is 10.4 Å². The molecule has 1 fully saturated rings. The lowest BCUT2D eigenvalue weighted by atomic mass is 10.2. The van der Waals surface area contributed by atoms with Gasteiger partial charge in [0.15, 0.2) is 0 Å². The number of hydrogen-bond acceptors (Lipinski definition) is 3. The summed E-state index contributed by atoms with van der Waals surface area (Å²) in [4.78, 5) is 11.3. The Bertz CT molecular complexity index is 724. The fraction of sp³-hybridized carbons (Fsp3) is 0.214. The van der Waals surface area contributed by atoms with Gasteiger partial charge in [-0.15, -0.1) is 0 Å². The molecule has 0 saturated heterocycles. The highest BCUT2D eigenvalue weighted by Gasteiger charge is 2.34. The third-order valence-electron chi connectivity index (χ3n) is 3.28. The van der Waals surface area contributed by atoms with Crippen molar-refractivity contribution in [2.45, 2.75) is 18.8 Å². The molecule has 6 heteroatoms. The fourth-order valence-corrected chi connectivity index (χ4v) is 2.41. The first-order valence-corrected chi connectivity index (χ1v) is 6.52. The molecule has 0 bridgehead atoms. The molecule has 0 atom stereocenters. The largest absolute Gasteiger partial charge is 0.478 e. The molecule has 1 N–H and O–H groups in total. The number of aromatic nitrogens is 2. The van der Waals surface area contributed by atoms with Gasteiger partial charge in [0.2, 0.25) is 0 Å². The molecule has 20 heavy (non-hydrogen) atoms. The summed E-state index contributed by atoms with van der Waals surface area (Å²) in [5, 5.41) is 22.5. The number of hydrogen-bond donors (Lipinski definition) is 1. The number of benzene rings is 1. The van der Waals surface area contributed by atoms with Crippen LogP contribution in [0.1, 0.15) is 40.4 Å². The highest BCUT2D eigenvalue weighted by atomic mass is 35.5. The summed E-state index contributed by atoms with van der Waals surface area (Å²) in [6.45, 7) is 0. The molecule has 3 rings (SSSR count). The van der Waals surface area contributed by atoms with Crippen molar-refractivity contribution in [2.75, 3.05) is 0 Å². The van der Waals surface area contributed by atoms with Gasteiger partial charge in [0, 0.05) is 5.92 Å². The van der Waals surface area contributed by atoms with Gasteiger partial charge in [0.1, 0.15) is 10.7 Å². The van der Waals surface area contributed by atoms with Crippen LogP contribution < -0.4 is 0 Å². The Morgan fingerprint density at radius 1 is 1.40 bits per heavy atom. The van der Waals surface area contributed by atoms with Gasteiger partial charge in [0.25, 0.3) is 0 Å². The Morgan fingerprint density at radius 3 is 2.55 bits per heavy atom. The van der Waals surface area contributed by atoms with Crippen LogP contribution in [0.15, 0.2) is 24.3 Å². The van der Waals surface area contributed by atoms with Crippen LogP contribution in [0.5, 0.6) is 0 Å². The first-order chi connectivity index (χ1) is 9.61. The molecule has 0 amide bonds. The predicted octanol–water partition coefficient (Wildman–Crippen LogP) is 2.97. The number of rotatable bonds is 3. The molecular formula is C14H10ClN3O2. The second-order valence-corrected chi connectivity index (χ2v) is 5.06. The number of nitriles is 1. The summed E-state index contributed by atoms with van der Waals surface area (Å²) < 4.78 is 1.42. The van der Waals surface area contributed by atoms with Crippen LogP contribution in [0.4, 0.5) is 0 Å². The minimum absolute atomic E-state index is 0.0820. The Morgan fingerprint density at radius 2 is 2.05 bits per heavy atom. The van der Waals surface area contributed by atoms with E-state index >= 15 is 0 Å². The quantitative estimate of drug-likeness (QED) is 0.941. The van der Waals surface area contributed by atoms with Gasteiger partial charge >= 0.3 is 5.97 Å². The van der Waals surface area contributed by atoms with Crippen LogP contribution in [0.3, 0.4) is 0 Å². The van der Waals surface area contributed by atoms with E-state index in [0.717, 1.165) is 12.8 Å². The fourth-order valence-electron chi connectivity index (χ4n) is 2.10. The minimum Gasteiger partial charge on any atom is -0.478 e. The Balaban J connectivity index is 2.11. The van der Waals surface area contributed by atoms with Crippen molar-refractivity contribution >= 4 is 17.6 Å². The molecule has 0 unspecified atom stereocenters. The SMILES string of the molecule is N#Cc1ccc(-n2nc(C3CC3)c(C(=O)O)c2Cl)cc1. The first-order valence-electron chi connectivity index (χ1n) is 6.14. The average Bonchev–Trinajstić information content (AvgIpc) is 3.22. The van der Waals surface area contributed by atoms with E-state index in [9.17, 15) is 9.90 Å². The molecule has 1 aliphatic rings. The van der Waals surface area contributed by atoms with Crippen LogP contribution in [0, 0.1) is 11.3 Å². The maximum Gasteiger partial charge on any atom is 0.340 e. The van der Waals surface area contributed by atoms with Crippen molar-refractivity contribution in [3.05, 3.63) is 46.2 Å². The summed E-state index contributed by atoms with van der Waals surface area (Å²) >= 11 is 6.16. The monoisotopic (exact) mass is 287 g/mol. The lowest BCUT2D eigenvalue weighted by Crippen LogP contribution is -2.00. The van der Waals surface area contributed by atoms with Crippen molar-refractivity contribution in [2.24, 2.45) is 0 Å². The number of halogens is 1. The van der Waals surface area contributed by atoms with Crippen molar-refractivity contribution in [1.29, 1.82) is 5.26 Å². The van der Waals surface area contributed by atoms with E-state index in [1.54, 1.807) is 24.3 Å². The summed E-state index contributed by atoms with van der Waals surface area (Å²) in [6, 6.07) is 8.70.